The van der Waals surface area contributed by atoms with E-state index in [1.807, 2.05) is 12.1 Å². The summed E-state index contributed by atoms with van der Waals surface area (Å²) in [6, 6.07) is 6.73. The number of hydrogen-bond donors (Lipinski definition) is 3. The highest BCUT2D eigenvalue weighted by atomic mass is 16.5. The van der Waals surface area contributed by atoms with Crippen LogP contribution in [0.4, 0.5) is 5.82 Å². The molecule has 1 fully saturated rings. The highest BCUT2D eigenvalue weighted by Crippen LogP contribution is 2.29. The van der Waals surface area contributed by atoms with Crippen molar-refractivity contribution in [3.8, 4) is 17.8 Å². The maximum atomic E-state index is 10.5. The number of rotatable bonds is 10. The van der Waals surface area contributed by atoms with Crippen molar-refractivity contribution in [2.45, 2.75) is 58.2 Å². The number of hydrogen-bond acceptors (Lipinski definition) is 8. The third-order valence-corrected chi connectivity index (χ3v) is 5.69. The van der Waals surface area contributed by atoms with Crippen LogP contribution in [0.2, 0.25) is 0 Å². The van der Waals surface area contributed by atoms with Gasteiger partial charge in [-0.1, -0.05) is 31.9 Å². The number of nitrogens with two attached hydrogens (primary N) is 1. The molecule has 0 aliphatic heterocycles. The maximum absolute atomic E-state index is 10.5. The van der Waals surface area contributed by atoms with E-state index in [1.165, 1.54) is 19.3 Å². The van der Waals surface area contributed by atoms with E-state index < -0.39 is 0 Å². The molecule has 0 unspecified atom stereocenters. The van der Waals surface area contributed by atoms with Crippen LogP contribution in [0.25, 0.3) is 11.2 Å². The second-order valence-electron chi connectivity index (χ2n) is 7.92. The summed E-state index contributed by atoms with van der Waals surface area (Å²) in [6.45, 7) is 3.72. The summed E-state index contributed by atoms with van der Waals surface area (Å²) >= 11 is 0. The zero-order valence-corrected chi connectivity index (χ0v) is 18.1. The van der Waals surface area contributed by atoms with Gasteiger partial charge in [-0.15, -0.1) is 0 Å². The zero-order valence-electron chi connectivity index (χ0n) is 18.1. The molecule has 1 aliphatic carbocycles. The van der Waals surface area contributed by atoms with Gasteiger partial charge in [0.15, 0.2) is 17.0 Å². The highest BCUT2D eigenvalue weighted by Gasteiger charge is 2.19. The van der Waals surface area contributed by atoms with Crippen LogP contribution in [0.5, 0.6) is 17.8 Å². The summed E-state index contributed by atoms with van der Waals surface area (Å²) in [5.74, 6) is 0.922. The number of methoxy groups -OCH3 is 1. The van der Waals surface area contributed by atoms with Crippen LogP contribution in [0.1, 0.15) is 50.2 Å². The van der Waals surface area contributed by atoms with Crippen LogP contribution in [-0.4, -0.2) is 44.4 Å². The predicted molar refractivity (Wildman–Crippen MR) is 118 cm³/mol. The Morgan fingerprint density at radius 2 is 2.10 bits per heavy atom. The van der Waals surface area contributed by atoms with Gasteiger partial charge in [0, 0.05) is 18.2 Å². The summed E-state index contributed by atoms with van der Waals surface area (Å²) in [7, 11) is 1.65. The highest BCUT2D eigenvalue weighted by molar-refractivity contribution is 5.83. The molecule has 0 radical (unpaired) electrons. The van der Waals surface area contributed by atoms with Gasteiger partial charge in [0.05, 0.1) is 20.3 Å². The average molecular weight is 427 g/mol. The largest absolute Gasteiger partial charge is 0.496 e. The number of anilines is 1. The van der Waals surface area contributed by atoms with Gasteiger partial charge in [-0.3, -0.25) is 4.57 Å². The lowest BCUT2D eigenvalue weighted by molar-refractivity contribution is 0.286. The monoisotopic (exact) mass is 426 g/mol. The maximum Gasteiger partial charge on any atom is 0.320 e. The molecule has 31 heavy (non-hydrogen) atoms. The topological polar surface area (TPSA) is 120 Å². The van der Waals surface area contributed by atoms with Crippen LogP contribution in [0.15, 0.2) is 18.2 Å². The van der Waals surface area contributed by atoms with Crippen molar-refractivity contribution in [2.75, 3.05) is 19.5 Å². The third-order valence-electron chi connectivity index (χ3n) is 5.69. The van der Waals surface area contributed by atoms with Crippen molar-refractivity contribution in [1.29, 1.82) is 0 Å². The minimum atomic E-state index is -0.181. The second kappa shape index (κ2) is 9.38. The van der Waals surface area contributed by atoms with E-state index in [9.17, 15) is 5.11 Å². The first-order valence-electron chi connectivity index (χ1n) is 10.8. The van der Waals surface area contributed by atoms with Crippen molar-refractivity contribution in [3.63, 3.8) is 0 Å². The number of aromatic hydroxyl groups is 1. The molecule has 1 aromatic carbocycles. The van der Waals surface area contributed by atoms with Crippen LogP contribution < -0.4 is 20.5 Å². The van der Waals surface area contributed by atoms with Gasteiger partial charge in [0.2, 0.25) is 0 Å². The molecule has 2 heterocycles. The van der Waals surface area contributed by atoms with E-state index in [1.54, 1.807) is 11.7 Å². The molecule has 0 bridgehead atoms. The Labute approximate surface area is 181 Å². The number of nitrogens with one attached hydrogen (secondary N) is 1. The predicted octanol–water partition coefficient (Wildman–Crippen LogP) is 2.99. The average Bonchev–Trinajstić information content (AvgIpc) is 3.04. The molecule has 166 valence electrons. The molecule has 1 saturated carbocycles. The Hall–Kier alpha value is -3.07. The van der Waals surface area contributed by atoms with Crippen LogP contribution in [0.3, 0.4) is 0 Å². The fourth-order valence-electron chi connectivity index (χ4n) is 3.58. The lowest BCUT2D eigenvalue weighted by atomic mass is 9.93. The lowest BCUT2D eigenvalue weighted by Crippen LogP contribution is -2.34. The van der Waals surface area contributed by atoms with Crippen LogP contribution in [0, 0.1) is 0 Å². The minimum Gasteiger partial charge on any atom is -0.496 e. The molecule has 9 heteroatoms. The molecule has 4 N–H and O–H groups in total. The molecule has 3 aromatic rings. The number of aromatic nitrogens is 4. The van der Waals surface area contributed by atoms with Gasteiger partial charge >= 0.3 is 6.01 Å². The molecule has 0 atom stereocenters. The van der Waals surface area contributed by atoms with E-state index in [4.69, 9.17) is 15.2 Å². The van der Waals surface area contributed by atoms with Crippen LogP contribution in [-0.2, 0) is 13.1 Å². The van der Waals surface area contributed by atoms with E-state index in [2.05, 4.69) is 33.3 Å². The number of nitrogens with zero attached hydrogens (tertiary/aromatic N) is 4. The van der Waals surface area contributed by atoms with Crippen molar-refractivity contribution >= 4 is 17.0 Å². The number of ether oxygens (including phenoxy) is 2. The van der Waals surface area contributed by atoms with E-state index >= 15 is 0 Å². The first-order valence-corrected chi connectivity index (χ1v) is 10.8. The summed E-state index contributed by atoms with van der Waals surface area (Å²) < 4.78 is 12.8. The van der Waals surface area contributed by atoms with E-state index in [-0.39, 0.29) is 17.8 Å². The van der Waals surface area contributed by atoms with Crippen molar-refractivity contribution in [3.05, 3.63) is 29.3 Å². The summed E-state index contributed by atoms with van der Waals surface area (Å²) in [5, 5.41) is 14.0. The second-order valence-corrected chi connectivity index (χ2v) is 7.92. The van der Waals surface area contributed by atoms with Crippen molar-refractivity contribution < 1.29 is 14.6 Å². The molecule has 0 spiro atoms. The number of nitrogen functional groups attached to an aromatic ring is 1. The first-order chi connectivity index (χ1) is 15.1. The van der Waals surface area contributed by atoms with Crippen molar-refractivity contribution in [2.24, 2.45) is 0 Å². The summed E-state index contributed by atoms with van der Waals surface area (Å²) in [4.78, 5) is 12.7. The zero-order chi connectivity index (χ0) is 21.8. The Morgan fingerprint density at radius 3 is 2.81 bits per heavy atom. The Bertz CT molecular complexity index is 1050. The molecule has 4 rings (SSSR count). The van der Waals surface area contributed by atoms with E-state index in [0.717, 1.165) is 36.3 Å². The number of imidazole rings is 1. The number of benzene rings is 1. The first kappa shape index (κ1) is 21.2. The Morgan fingerprint density at radius 1 is 1.26 bits per heavy atom. The lowest BCUT2D eigenvalue weighted by Gasteiger charge is -2.26. The van der Waals surface area contributed by atoms with Gasteiger partial charge in [-0.05, 0) is 30.9 Å². The molecule has 9 nitrogen and oxygen atoms in total. The molecule has 2 aromatic heterocycles. The van der Waals surface area contributed by atoms with Gasteiger partial charge in [-0.2, -0.15) is 15.0 Å². The van der Waals surface area contributed by atoms with Gasteiger partial charge < -0.3 is 25.6 Å². The molecular formula is C22H30N6O3. The molecule has 1 aliphatic rings. The Balaban J connectivity index is 1.58. The molecule has 0 amide bonds. The standard InChI is InChI=1S/C22H30N6O3/c1-3-4-10-31-21-26-19(23)18-20(27-21)28(22(29)25-18)13-15-9-8-14(11-17(15)30-2)12-24-16-6-5-7-16/h8-9,11,16,24H,3-7,10,12-13H2,1-2H3,(H,25,29)(H2,23,26,27). The Kier molecular flexibility index (Phi) is 6.41. The molecular weight excluding hydrogens is 396 g/mol. The third kappa shape index (κ3) is 4.66. The summed E-state index contributed by atoms with van der Waals surface area (Å²) in [6.07, 6.45) is 5.70. The van der Waals surface area contributed by atoms with Gasteiger partial charge in [-0.25, -0.2) is 0 Å². The fraction of sp³-hybridized carbons (Fsp3) is 0.500. The van der Waals surface area contributed by atoms with Crippen molar-refractivity contribution in [1.82, 2.24) is 24.8 Å². The molecule has 0 saturated heterocycles. The normalized spacial score (nSPS) is 14.0. The fourth-order valence-corrected chi connectivity index (χ4v) is 3.58. The minimum absolute atomic E-state index is 0.176. The SMILES string of the molecule is CCCCOc1nc(N)c2nc(O)n(Cc3ccc(CNC4CCC4)cc3OC)c2n1. The van der Waals surface area contributed by atoms with Gasteiger partial charge in [0.25, 0.3) is 6.01 Å². The quantitative estimate of drug-likeness (QED) is 0.423. The van der Waals surface area contributed by atoms with Crippen LogP contribution >= 0.6 is 0 Å². The number of fused-ring (bicyclic) bond motifs is 1. The summed E-state index contributed by atoms with van der Waals surface area (Å²) in [5.41, 5.74) is 8.87. The smallest absolute Gasteiger partial charge is 0.320 e. The number of unbranched alkanes of at least 4 members (excludes halogenated alkanes) is 1. The van der Waals surface area contributed by atoms with Gasteiger partial charge in [0.1, 0.15) is 5.75 Å². The van der Waals surface area contributed by atoms with E-state index in [0.29, 0.717) is 30.4 Å².